The minimum absolute atomic E-state index is 0.575. The molecule has 0 atom stereocenters. The second-order valence-electron chi connectivity index (χ2n) is 7.69. The predicted molar refractivity (Wildman–Crippen MR) is 105 cm³/mol. The van der Waals surface area contributed by atoms with Gasteiger partial charge in [0.15, 0.2) is 0 Å². The summed E-state index contributed by atoms with van der Waals surface area (Å²) in [5.41, 5.74) is 0. The van der Waals surface area contributed by atoms with Gasteiger partial charge in [-0.2, -0.15) is 0 Å². The second-order valence-corrected chi connectivity index (χ2v) is 7.69. The number of nitrogens with zero attached hydrogens (tertiary/aromatic N) is 2. The van der Waals surface area contributed by atoms with E-state index >= 15 is 0 Å². The minimum atomic E-state index is 0.575. The number of rotatable bonds is 15. The van der Waals surface area contributed by atoms with Crippen LogP contribution >= 0.6 is 0 Å². The molecule has 0 amide bonds. The molecule has 1 aromatic heterocycles. The zero-order chi connectivity index (χ0) is 17.6. The van der Waals surface area contributed by atoms with Crippen molar-refractivity contribution >= 4 is 0 Å². The molecule has 140 valence electrons. The van der Waals surface area contributed by atoms with Crippen molar-refractivity contribution in [1.29, 1.82) is 0 Å². The fourth-order valence-corrected chi connectivity index (χ4v) is 3.52. The Bertz CT molecular complexity index is 406. The van der Waals surface area contributed by atoms with E-state index < -0.39 is 0 Å². The van der Waals surface area contributed by atoms with Gasteiger partial charge in [0.1, 0.15) is 12.4 Å². The number of aromatic nitrogens is 2. The lowest BCUT2D eigenvalue weighted by Crippen LogP contribution is -2.37. The summed E-state index contributed by atoms with van der Waals surface area (Å²) in [6, 6.07) is 0.575. The Morgan fingerprint density at radius 2 is 1.33 bits per heavy atom. The van der Waals surface area contributed by atoms with E-state index in [4.69, 9.17) is 0 Å². The molecule has 0 N–H and O–H groups in total. The van der Waals surface area contributed by atoms with Gasteiger partial charge in [-0.25, -0.2) is 9.13 Å². The molecule has 0 spiro atoms. The molecule has 0 aromatic carbocycles. The van der Waals surface area contributed by atoms with Gasteiger partial charge in [-0.3, -0.25) is 0 Å². The third-order valence-electron chi connectivity index (χ3n) is 5.10. The van der Waals surface area contributed by atoms with Crippen molar-refractivity contribution in [3.8, 4) is 0 Å². The van der Waals surface area contributed by atoms with Gasteiger partial charge >= 0.3 is 0 Å². The molecule has 1 aromatic rings. The van der Waals surface area contributed by atoms with Gasteiger partial charge in [0, 0.05) is 6.42 Å². The average Bonchev–Trinajstić information content (AvgIpc) is 2.97. The quantitative estimate of drug-likeness (QED) is 0.251. The lowest BCUT2D eigenvalue weighted by Gasteiger charge is -2.07. The van der Waals surface area contributed by atoms with Crippen LogP contribution in [0.1, 0.15) is 117 Å². The van der Waals surface area contributed by atoms with Crippen LogP contribution in [0.25, 0.3) is 0 Å². The number of aryl methyl sites for hydroxylation is 1. The summed E-state index contributed by atoms with van der Waals surface area (Å²) in [6.45, 7) is 10.4. The van der Waals surface area contributed by atoms with Crippen molar-refractivity contribution in [2.45, 2.75) is 124 Å². The maximum Gasteiger partial charge on any atom is 0.256 e. The van der Waals surface area contributed by atoms with E-state index in [9.17, 15) is 0 Å². The molecule has 0 radical (unpaired) electrons. The van der Waals surface area contributed by atoms with E-state index in [1.165, 1.54) is 95.8 Å². The zero-order valence-electron chi connectivity index (χ0n) is 17.0. The molecule has 0 aliphatic rings. The first-order valence-corrected chi connectivity index (χ1v) is 10.8. The fraction of sp³-hybridized carbons (Fsp3) is 0.864. The van der Waals surface area contributed by atoms with Gasteiger partial charge < -0.3 is 0 Å². The highest BCUT2D eigenvalue weighted by Crippen LogP contribution is 2.12. The summed E-state index contributed by atoms with van der Waals surface area (Å²) in [6.07, 6.45) is 22.5. The second kappa shape index (κ2) is 13.5. The van der Waals surface area contributed by atoms with Crippen LogP contribution in [0.15, 0.2) is 12.4 Å². The summed E-state index contributed by atoms with van der Waals surface area (Å²) >= 11 is 0. The Morgan fingerprint density at radius 1 is 0.792 bits per heavy atom. The largest absolute Gasteiger partial charge is 0.256 e. The van der Waals surface area contributed by atoms with E-state index in [0.29, 0.717) is 6.04 Å². The molecule has 0 aliphatic carbocycles. The van der Waals surface area contributed by atoms with Gasteiger partial charge in [0.2, 0.25) is 0 Å². The van der Waals surface area contributed by atoms with Gasteiger partial charge in [0.25, 0.3) is 5.82 Å². The summed E-state index contributed by atoms with van der Waals surface area (Å²) in [4.78, 5) is 0. The van der Waals surface area contributed by atoms with Gasteiger partial charge in [-0.15, -0.1) is 0 Å². The van der Waals surface area contributed by atoms with Gasteiger partial charge in [0.05, 0.1) is 12.6 Å². The van der Waals surface area contributed by atoms with E-state index in [1.54, 1.807) is 0 Å². The van der Waals surface area contributed by atoms with Crippen LogP contribution in [-0.2, 0) is 13.0 Å². The van der Waals surface area contributed by atoms with Crippen LogP contribution in [0, 0.1) is 0 Å². The fourth-order valence-electron chi connectivity index (χ4n) is 3.52. The van der Waals surface area contributed by atoms with Crippen molar-refractivity contribution in [3.63, 3.8) is 0 Å². The molecule has 24 heavy (non-hydrogen) atoms. The first-order valence-electron chi connectivity index (χ1n) is 10.8. The summed E-state index contributed by atoms with van der Waals surface area (Å²) in [5.74, 6) is 1.53. The maximum absolute atomic E-state index is 2.51. The Balaban J connectivity index is 2.20. The molecule has 0 unspecified atom stereocenters. The molecule has 2 heteroatoms. The van der Waals surface area contributed by atoms with Gasteiger partial charge in [-0.1, -0.05) is 71.6 Å². The lowest BCUT2D eigenvalue weighted by molar-refractivity contribution is -0.704. The lowest BCUT2D eigenvalue weighted by atomic mass is 10.1. The van der Waals surface area contributed by atoms with E-state index in [0.717, 1.165) is 0 Å². The smallest absolute Gasteiger partial charge is 0.234 e. The number of unbranched alkanes of at least 4 members (excludes halogenated alkanes) is 10. The molecule has 0 aliphatic heterocycles. The van der Waals surface area contributed by atoms with Crippen LogP contribution in [0.3, 0.4) is 0 Å². The Hall–Kier alpha value is -0.790. The predicted octanol–water partition coefficient (Wildman–Crippen LogP) is 6.62. The first kappa shape index (κ1) is 21.3. The third kappa shape index (κ3) is 8.35. The third-order valence-corrected chi connectivity index (χ3v) is 5.10. The highest BCUT2D eigenvalue weighted by molar-refractivity contribution is 4.86. The zero-order valence-corrected chi connectivity index (χ0v) is 17.0. The standard InChI is InChI=1S/C22H43N2/c1-5-7-9-10-11-12-13-14-15-16-18-23-19-20-24(21(3)4)22(23)17-8-6-2/h19-21H,5-18H2,1-4H3/q+1. The van der Waals surface area contributed by atoms with Crippen LogP contribution in [0.4, 0.5) is 0 Å². The van der Waals surface area contributed by atoms with E-state index in [-0.39, 0.29) is 0 Å². The molecular formula is C22H43N2+. The SMILES string of the molecule is CCCCCCCCCCCC[n+]1ccn(C(C)C)c1CCCC. The van der Waals surface area contributed by atoms with Crippen LogP contribution < -0.4 is 4.57 Å². The van der Waals surface area contributed by atoms with Crippen molar-refractivity contribution in [2.75, 3.05) is 0 Å². The van der Waals surface area contributed by atoms with Gasteiger partial charge in [-0.05, 0) is 33.1 Å². The number of hydrogen-bond donors (Lipinski definition) is 0. The summed E-state index contributed by atoms with van der Waals surface area (Å²) in [7, 11) is 0. The molecule has 1 heterocycles. The number of hydrogen-bond acceptors (Lipinski definition) is 0. The highest BCUT2D eigenvalue weighted by atomic mass is 15.2. The average molecular weight is 336 g/mol. The van der Waals surface area contributed by atoms with Crippen LogP contribution in [0.5, 0.6) is 0 Å². The molecule has 2 nitrogen and oxygen atoms in total. The summed E-state index contributed by atoms with van der Waals surface area (Å²) < 4.78 is 4.98. The Morgan fingerprint density at radius 3 is 1.88 bits per heavy atom. The molecule has 0 fully saturated rings. The highest BCUT2D eigenvalue weighted by Gasteiger charge is 2.18. The number of imidazole rings is 1. The summed E-state index contributed by atoms with van der Waals surface area (Å²) in [5, 5.41) is 0. The normalized spacial score (nSPS) is 11.5. The first-order chi connectivity index (χ1) is 11.7. The van der Waals surface area contributed by atoms with Crippen LogP contribution in [-0.4, -0.2) is 4.57 Å². The Labute approximate surface area is 151 Å². The van der Waals surface area contributed by atoms with Crippen molar-refractivity contribution in [2.24, 2.45) is 0 Å². The van der Waals surface area contributed by atoms with E-state index in [1.807, 2.05) is 0 Å². The topological polar surface area (TPSA) is 8.81 Å². The van der Waals surface area contributed by atoms with Crippen LogP contribution in [0.2, 0.25) is 0 Å². The van der Waals surface area contributed by atoms with Crippen molar-refractivity contribution in [3.05, 3.63) is 18.2 Å². The molecule has 0 bridgehead atoms. The molecule has 1 rings (SSSR count). The minimum Gasteiger partial charge on any atom is -0.234 e. The monoisotopic (exact) mass is 335 g/mol. The van der Waals surface area contributed by atoms with Crippen molar-refractivity contribution in [1.82, 2.24) is 4.57 Å². The maximum atomic E-state index is 2.51. The van der Waals surface area contributed by atoms with E-state index in [2.05, 4.69) is 49.2 Å². The molecule has 0 saturated carbocycles. The Kier molecular flexibility index (Phi) is 12.0. The molecular weight excluding hydrogens is 292 g/mol. The molecule has 0 saturated heterocycles. The van der Waals surface area contributed by atoms with Crippen molar-refractivity contribution < 1.29 is 4.57 Å².